The first-order valence-electron chi connectivity index (χ1n) is 5.92. The lowest BCUT2D eigenvalue weighted by molar-refractivity contribution is 0.444. The summed E-state index contributed by atoms with van der Waals surface area (Å²) in [6.45, 7) is 8.99. The fourth-order valence-electron chi connectivity index (χ4n) is 1.71. The van der Waals surface area contributed by atoms with E-state index in [1.807, 2.05) is 0 Å². The van der Waals surface area contributed by atoms with Gasteiger partial charge in [-0.15, -0.1) is 0 Å². The molecule has 0 bridgehead atoms. The summed E-state index contributed by atoms with van der Waals surface area (Å²) in [6, 6.07) is 1.33. The first-order chi connectivity index (χ1) is 6.16. The molecule has 1 N–H and O–H groups in total. The predicted molar refractivity (Wildman–Crippen MR) is 61.1 cm³/mol. The second-order valence-electron chi connectivity index (χ2n) is 4.43. The topological polar surface area (TPSA) is 12.0 Å². The van der Waals surface area contributed by atoms with E-state index in [9.17, 15) is 0 Å². The summed E-state index contributed by atoms with van der Waals surface area (Å²) in [4.78, 5) is 0. The molecule has 80 valence electrons. The third-order valence-corrected chi connectivity index (χ3v) is 2.36. The van der Waals surface area contributed by atoms with Crippen LogP contribution in [-0.4, -0.2) is 12.1 Å². The zero-order valence-corrected chi connectivity index (χ0v) is 9.90. The Bertz CT molecular complexity index is 99.3. The minimum atomic E-state index is 0.630. The van der Waals surface area contributed by atoms with E-state index in [0.717, 1.165) is 0 Å². The third kappa shape index (κ3) is 9.88. The summed E-state index contributed by atoms with van der Waals surface area (Å²) in [5, 5.41) is 3.53. The van der Waals surface area contributed by atoms with Crippen LogP contribution in [0.2, 0.25) is 0 Å². The molecule has 0 aliphatic heterocycles. The van der Waals surface area contributed by atoms with E-state index in [0.29, 0.717) is 12.1 Å². The minimum Gasteiger partial charge on any atom is -0.312 e. The molecular weight excluding hydrogens is 158 g/mol. The summed E-state index contributed by atoms with van der Waals surface area (Å²) in [7, 11) is 0. The van der Waals surface area contributed by atoms with Gasteiger partial charge in [0.25, 0.3) is 0 Å². The molecule has 0 saturated heterocycles. The van der Waals surface area contributed by atoms with Crippen molar-refractivity contribution in [3.63, 3.8) is 0 Å². The number of nitrogens with one attached hydrogen (secondary N) is 1. The van der Waals surface area contributed by atoms with Crippen molar-refractivity contribution in [2.24, 2.45) is 0 Å². The molecule has 0 saturated carbocycles. The van der Waals surface area contributed by atoms with Crippen LogP contribution in [-0.2, 0) is 0 Å². The van der Waals surface area contributed by atoms with Crippen LogP contribution >= 0.6 is 0 Å². The highest BCUT2D eigenvalue weighted by Crippen LogP contribution is 2.07. The predicted octanol–water partition coefficient (Wildman–Crippen LogP) is 3.73. The van der Waals surface area contributed by atoms with E-state index in [1.165, 1.54) is 38.5 Å². The summed E-state index contributed by atoms with van der Waals surface area (Å²) in [6.07, 6.45) is 8.32. The standard InChI is InChI=1S/C12H27N/c1-5-6-7-8-9-10-12(4)13-11(2)3/h11-13H,5-10H2,1-4H3/t12-/m1/s1. The van der Waals surface area contributed by atoms with Crippen LogP contribution < -0.4 is 5.32 Å². The molecule has 0 aliphatic carbocycles. The smallest absolute Gasteiger partial charge is 0.00410 e. The molecule has 0 spiro atoms. The van der Waals surface area contributed by atoms with Gasteiger partial charge in [-0.25, -0.2) is 0 Å². The van der Waals surface area contributed by atoms with Gasteiger partial charge in [-0.3, -0.25) is 0 Å². The maximum Gasteiger partial charge on any atom is 0.00410 e. The number of hydrogen-bond acceptors (Lipinski definition) is 1. The highest BCUT2D eigenvalue weighted by atomic mass is 14.9. The zero-order chi connectivity index (χ0) is 10.1. The van der Waals surface area contributed by atoms with Gasteiger partial charge in [0, 0.05) is 12.1 Å². The van der Waals surface area contributed by atoms with Gasteiger partial charge in [-0.2, -0.15) is 0 Å². The molecule has 1 heteroatoms. The Kier molecular flexibility index (Phi) is 8.53. The molecule has 0 rings (SSSR count). The van der Waals surface area contributed by atoms with Crippen LogP contribution in [0.1, 0.15) is 66.2 Å². The molecule has 0 unspecified atom stereocenters. The van der Waals surface area contributed by atoms with Gasteiger partial charge in [-0.1, -0.05) is 52.9 Å². The van der Waals surface area contributed by atoms with Gasteiger partial charge in [-0.05, 0) is 13.3 Å². The van der Waals surface area contributed by atoms with Crippen molar-refractivity contribution in [3.8, 4) is 0 Å². The average molecular weight is 185 g/mol. The Hall–Kier alpha value is -0.0400. The average Bonchev–Trinajstić information content (AvgIpc) is 2.02. The van der Waals surface area contributed by atoms with Gasteiger partial charge in [0.2, 0.25) is 0 Å². The Balaban J connectivity index is 3.12. The third-order valence-electron chi connectivity index (χ3n) is 2.36. The Morgan fingerprint density at radius 3 is 2.08 bits per heavy atom. The van der Waals surface area contributed by atoms with Gasteiger partial charge in [0.1, 0.15) is 0 Å². The van der Waals surface area contributed by atoms with Crippen molar-refractivity contribution < 1.29 is 0 Å². The highest BCUT2D eigenvalue weighted by molar-refractivity contribution is 4.63. The number of rotatable bonds is 8. The second kappa shape index (κ2) is 8.55. The van der Waals surface area contributed by atoms with Crippen molar-refractivity contribution in [2.45, 2.75) is 78.3 Å². The number of unbranched alkanes of at least 4 members (excludes halogenated alkanes) is 4. The lowest BCUT2D eigenvalue weighted by Gasteiger charge is -2.16. The molecule has 0 amide bonds. The van der Waals surface area contributed by atoms with Crippen LogP contribution in [0.4, 0.5) is 0 Å². The van der Waals surface area contributed by atoms with E-state index in [1.54, 1.807) is 0 Å². The summed E-state index contributed by atoms with van der Waals surface area (Å²) < 4.78 is 0. The van der Waals surface area contributed by atoms with E-state index in [2.05, 4.69) is 33.0 Å². The van der Waals surface area contributed by atoms with Gasteiger partial charge < -0.3 is 5.32 Å². The van der Waals surface area contributed by atoms with Crippen LogP contribution in [0, 0.1) is 0 Å². The normalized spacial score (nSPS) is 13.6. The molecule has 0 aliphatic rings. The lowest BCUT2D eigenvalue weighted by atomic mass is 10.1. The molecule has 0 aromatic rings. The van der Waals surface area contributed by atoms with Crippen LogP contribution in [0.15, 0.2) is 0 Å². The van der Waals surface area contributed by atoms with E-state index in [4.69, 9.17) is 0 Å². The molecule has 0 heterocycles. The van der Waals surface area contributed by atoms with Crippen LogP contribution in [0.25, 0.3) is 0 Å². The molecular formula is C12H27N. The molecule has 0 aromatic heterocycles. The Labute approximate surface area is 84.3 Å². The molecule has 1 nitrogen and oxygen atoms in total. The monoisotopic (exact) mass is 185 g/mol. The Morgan fingerprint density at radius 2 is 1.54 bits per heavy atom. The van der Waals surface area contributed by atoms with Crippen LogP contribution in [0.3, 0.4) is 0 Å². The van der Waals surface area contributed by atoms with E-state index in [-0.39, 0.29) is 0 Å². The number of hydrogen-bond donors (Lipinski definition) is 1. The molecule has 1 atom stereocenters. The Morgan fingerprint density at radius 1 is 0.923 bits per heavy atom. The lowest BCUT2D eigenvalue weighted by Crippen LogP contribution is -2.32. The van der Waals surface area contributed by atoms with Gasteiger partial charge in [0.15, 0.2) is 0 Å². The largest absolute Gasteiger partial charge is 0.312 e. The maximum atomic E-state index is 3.53. The van der Waals surface area contributed by atoms with Crippen molar-refractivity contribution in [3.05, 3.63) is 0 Å². The highest BCUT2D eigenvalue weighted by Gasteiger charge is 2.02. The van der Waals surface area contributed by atoms with E-state index >= 15 is 0 Å². The molecule has 13 heavy (non-hydrogen) atoms. The quantitative estimate of drug-likeness (QED) is 0.568. The molecule has 0 radical (unpaired) electrons. The van der Waals surface area contributed by atoms with Crippen molar-refractivity contribution in [1.82, 2.24) is 5.32 Å². The van der Waals surface area contributed by atoms with Crippen molar-refractivity contribution in [2.75, 3.05) is 0 Å². The van der Waals surface area contributed by atoms with Gasteiger partial charge in [0.05, 0.1) is 0 Å². The van der Waals surface area contributed by atoms with Crippen molar-refractivity contribution in [1.29, 1.82) is 0 Å². The first kappa shape index (κ1) is 13.0. The fraction of sp³-hybridized carbons (Fsp3) is 1.00. The molecule has 0 fully saturated rings. The van der Waals surface area contributed by atoms with E-state index < -0.39 is 0 Å². The fourth-order valence-corrected chi connectivity index (χ4v) is 1.71. The first-order valence-corrected chi connectivity index (χ1v) is 5.92. The summed E-state index contributed by atoms with van der Waals surface area (Å²) >= 11 is 0. The molecule has 0 aromatic carbocycles. The minimum absolute atomic E-state index is 0.630. The SMILES string of the molecule is CCCCCCC[C@@H](C)NC(C)C. The summed E-state index contributed by atoms with van der Waals surface area (Å²) in [5.41, 5.74) is 0. The summed E-state index contributed by atoms with van der Waals surface area (Å²) in [5.74, 6) is 0. The zero-order valence-electron chi connectivity index (χ0n) is 9.90. The second-order valence-corrected chi connectivity index (χ2v) is 4.43. The van der Waals surface area contributed by atoms with Crippen LogP contribution in [0.5, 0.6) is 0 Å². The maximum absolute atomic E-state index is 3.53. The van der Waals surface area contributed by atoms with Gasteiger partial charge >= 0.3 is 0 Å². The van der Waals surface area contributed by atoms with Crippen molar-refractivity contribution >= 4 is 0 Å².